The van der Waals surface area contributed by atoms with Crippen molar-refractivity contribution >= 4 is 27.4 Å². The fraction of sp³-hybridized carbons (Fsp3) is 0.462. The highest BCUT2D eigenvalue weighted by Gasteiger charge is 2.15. The van der Waals surface area contributed by atoms with Crippen LogP contribution in [0, 0.1) is 0 Å². The maximum atomic E-state index is 11.5. The van der Waals surface area contributed by atoms with E-state index in [4.69, 9.17) is 5.11 Å². The lowest BCUT2D eigenvalue weighted by molar-refractivity contribution is -0.134. The number of sulfonamides is 1. The SMILES string of the molecule is CCN(c1ccc(NS(=O)(=O)CC(=O)O)cc1)C(C)C. The third-order valence-electron chi connectivity index (χ3n) is 2.75. The fourth-order valence-electron chi connectivity index (χ4n) is 1.95. The zero-order valence-corrected chi connectivity index (χ0v) is 12.6. The smallest absolute Gasteiger partial charge is 0.320 e. The first-order valence-corrected chi connectivity index (χ1v) is 7.99. The number of aliphatic carboxylic acids is 1. The Labute approximate surface area is 119 Å². The van der Waals surface area contributed by atoms with Gasteiger partial charge in [0.15, 0.2) is 5.75 Å². The van der Waals surface area contributed by atoms with Gasteiger partial charge in [0.1, 0.15) is 0 Å². The highest BCUT2D eigenvalue weighted by molar-refractivity contribution is 7.93. The maximum absolute atomic E-state index is 11.5. The number of nitrogens with one attached hydrogen (secondary N) is 1. The van der Waals surface area contributed by atoms with Gasteiger partial charge in [0.05, 0.1) is 0 Å². The van der Waals surface area contributed by atoms with E-state index < -0.39 is 21.7 Å². The van der Waals surface area contributed by atoms with Gasteiger partial charge in [-0.1, -0.05) is 0 Å². The molecule has 0 radical (unpaired) electrons. The highest BCUT2D eigenvalue weighted by atomic mass is 32.2. The first kappa shape index (κ1) is 16.3. The van der Waals surface area contributed by atoms with Crippen LogP contribution in [0.1, 0.15) is 20.8 Å². The first-order valence-electron chi connectivity index (χ1n) is 6.34. The predicted molar refractivity (Wildman–Crippen MR) is 79.6 cm³/mol. The second kappa shape index (κ2) is 6.60. The Balaban J connectivity index is 2.84. The molecule has 2 N–H and O–H groups in total. The summed E-state index contributed by atoms with van der Waals surface area (Å²) in [4.78, 5) is 12.6. The van der Waals surface area contributed by atoms with Gasteiger partial charge in [0.2, 0.25) is 10.0 Å². The van der Waals surface area contributed by atoms with Crippen LogP contribution in [-0.4, -0.2) is 37.8 Å². The summed E-state index contributed by atoms with van der Waals surface area (Å²) in [6.45, 7) is 7.05. The molecule has 0 spiro atoms. The van der Waals surface area contributed by atoms with Crippen LogP contribution in [0.25, 0.3) is 0 Å². The van der Waals surface area contributed by atoms with Crippen molar-refractivity contribution < 1.29 is 18.3 Å². The van der Waals surface area contributed by atoms with E-state index in [-0.39, 0.29) is 0 Å². The van der Waals surface area contributed by atoms with Gasteiger partial charge in [-0.3, -0.25) is 9.52 Å². The highest BCUT2D eigenvalue weighted by Crippen LogP contribution is 2.20. The van der Waals surface area contributed by atoms with Gasteiger partial charge in [-0.05, 0) is 45.0 Å². The van der Waals surface area contributed by atoms with E-state index in [1.54, 1.807) is 12.1 Å². The standard InChI is InChI=1S/C13H20N2O4S/c1-4-15(10(2)3)12-7-5-11(6-8-12)14-20(18,19)9-13(16)17/h5-8,10,14H,4,9H2,1-3H3,(H,16,17). The molecule has 0 saturated heterocycles. The Hall–Kier alpha value is -1.76. The van der Waals surface area contributed by atoms with Gasteiger partial charge in [-0.25, -0.2) is 8.42 Å². The molecule has 112 valence electrons. The number of nitrogens with zero attached hydrogens (tertiary/aromatic N) is 1. The minimum atomic E-state index is -3.85. The molecule has 0 aliphatic carbocycles. The summed E-state index contributed by atoms with van der Waals surface area (Å²) >= 11 is 0. The van der Waals surface area contributed by atoms with E-state index in [9.17, 15) is 13.2 Å². The van der Waals surface area contributed by atoms with Crippen LogP contribution in [0.4, 0.5) is 11.4 Å². The second-order valence-corrected chi connectivity index (χ2v) is 6.40. The van der Waals surface area contributed by atoms with E-state index in [1.807, 2.05) is 19.1 Å². The normalized spacial score (nSPS) is 11.4. The molecule has 0 amide bonds. The molecule has 0 aliphatic heterocycles. The van der Waals surface area contributed by atoms with Crippen molar-refractivity contribution in [1.82, 2.24) is 0 Å². The quantitative estimate of drug-likeness (QED) is 0.801. The molecule has 20 heavy (non-hydrogen) atoms. The fourth-order valence-corrected chi connectivity index (χ4v) is 2.84. The van der Waals surface area contributed by atoms with Crippen molar-refractivity contribution in [2.45, 2.75) is 26.8 Å². The maximum Gasteiger partial charge on any atom is 0.320 e. The molecular weight excluding hydrogens is 280 g/mol. The van der Waals surface area contributed by atoms with Crippen molar-refractivity contribution in [1.29, 1.82) is 0 Å². The number of hydrogen-bond acceptors (Lipinski definition) is 4. The number of carboxylic acid groups (broad SMARTS) is 1. The predicted octanol–water partition coefficient (Wildman–Crippen LogP) is 1.75. The summed E-state index contributed by atoms with van der Waals surface area (Å²) < 4.78 is 25.2. The Morgan fingerprint density at radius 3 is 2.25 bits per heavy atom. The molecule has 0 saturated carbocycles. The Kier molecular flexibility index (Phi) is 5.38. The molecule has 1 aromatic rings. The van der Waals surface area contributed by atoms with Gasteiger partial charge in [-0.2, -0.15) is 0 Å². The lowest BCUT2D eigenvalue weighted by Crippen LogP contribution is -2.30. The zero-order chi connectivity index (χ0) is 15.3. The summed E-state index contributed by atoms with van der Waals surface area (Å²) in [5, 5.41) is 8.51. The van der Waals surface area contributed by atoms with Gasteiger partial charge in [0, 0.05) is 24.0 Å². The van der Waals surface area contributed by atoms with E-state index >= 15 is 0 Å². The molecule has 1 rings (SSSR count). The number of carbonyl (C=O) groups is 1. The number of hydrogen-bond donors (Lipinski definition) is 2. The van der Waals surface area contributed by atoms with Crippen LogP contribution in [0.5, 0.6) is 0 Å². The van der Waals surface area contributed by atoms with Gasteiger partial charge in [-0.15, -0.1) is 0 Å². The number of anilines is 2. The van der Waals surface area contributed by atoms with Gasteiger partial charge in [0.25, 0.3) is 0 Å². The molecular formula is C13H20N2O4S. The molecule has 6 nitrogen and oxygen atoms in total. The first-order chi connectivity index (χ1) is 9.25. The molecule has 1 aromatic carbocycles. The lowest BCUT2D eigenvalue weighted by atomic mass is 10.2. The summed E-state index contributed by atoms with van der Waals surface area (Å²) in [6.07, 6.45) is 0. The van der Waals surface area contributed by atoms with Crippen molar-refractivity contribution in [3.05, 3.63) is 24.3 Å². The lowest BCUT2D eigenvalue weighted by Gasteiger charge is -2.27. The Bertz CT molecular complexity index is 552. The van der Waals surface area contributed by atoms with Crippen molar-refractivity contribution in [2.24, 2.45) is 0 Å². The summed E-state index contributed by atoms with van der Waals surface area (Å²) in [7, 11) is -3.85. The van der Waals surface area contributed by atoms with Gasteiger partial charge >= 0.3 is 5.97 Å². The minimum absolute atomic E-state index is 0.342. The van der Waals surface area contributed by atoms with Crippen molar-refractivity contribution in [3.63, 3.8) is 0 Å². The van der Waals surface area contributed by atoms with Crippen LogP contribution in [0.2, 0.25) is 0 Å². The average Bonchev–Trinajstić information content (AvgIpc) is 2.29. The molecule has 0 unspecified atom stereocenters. The summed E-state index contributed by atoms with van der Waals surface area (Å²) in [5.74, 6) is -2.33. The third-order valence-corrected chi connectivity index (χ3v) is 3.92. The van der Waals surface area contributed by atoms with Crippen molar-refractivity contribution in [3.8, 4) is 0 Å². The molecule has 0 atom stereocenters. The number of rotatable bonds is 7. The molecule has 0 aliphatic rings. The van der Waals surface area contributed by atoms with Crippen LogP contribution < -0.4 is 9.62 Å². The van der Waals surface area contributed by atoms with E-state index in [0.717, 1.165) is 12.2 Å². The molecule has 0 aromatic heterocycles. The monoisotopic (exact) mass is 300 g/mol. The molecule has 0 bridgehead atoms. The second-order valence-electron chi connectivity index (χ2n) is 4.68. The van der Waals surface area contributed by atoms with Gasteiger partial charge < -0.3 is 10.0 Å². The zero-order valence-electron chi connectivity index (χ0n) is 11.8. The largest absolute Gasteiger partial charge is 0.480 e. The van der Waals surface area contributed by atoms with Crippen molar-refractivity contribution in [2.75, 3.05) is 21.9 Å². The van der Waals surface area contributed by atoms with E-state index in [0.29, 0.717) is 11.7 Å². The van der Waals surface area contributed by atoms with E-state index in [1.165, 1.54) is 0 Å². The number of carboxylic acids is 1. The summed E-state index contributed by atoms with van der Waals surface area (Å²) in [5.41, 5.74) is 1.35. The third kappa shape index (κ3) is 4.73. The van der Waals surface area contributed by atoms with Crippen LogP contribution in [0.15, 0.2) is 24.3 Å². The van der Waals surface area contributed by atoms with Crippen LogP contribution in [-0.2, 0) is 14.8 Å². The van der Waals surface area contributed by atoms with E-state index in [2.05, 4.69) is 23.5 Å². The minimum Gasteiger partial charge on any atom is -0.480 e. The molecule has 0 heterocycles. The summed E-state index contributed by atoms with van der Waals surface area (Å²) in [6, 6.07) is 7.21. The topological polar surface area (TPSA) is 86.7 Å². The Morgan fingerprint density at radius 2 is 1.85 bits per heavy atom. The Morgan fingerprint density at radius 1 is 1.30 bits per heavy atom. The average molecular weight is 300 g/mol. The van der Waals surface area contributed by atoms with Crippen LogP contribution in [0.3, 0.4) is 0 Å². The molecule has 0 fully saturated rings. The number of benzene rings is 1. The molecule has 7 heteroatoms. The van der Waals surface area contributed by atoms with Crippen LogP contribution >= 0.6 is 0 Å².